The number of rotatable bonds is 4. The molecule has 5 nitrogen and oxygen atoms in total. The third-order valence-electron chi connectivity index (χ3n) is 4.09. The third-order valence-corrected chi connectivity index (χ3v) is 4.09. The summed E-state index contributed by atoms with van der Waals surface area (Å²) in [5.74, 6) is 0.829. The Morgan fingerprint density at radius 3 is 2.48 bits per heavy atom. The van der Waals surface area contributed by atoms with Gasteiger partial charge in [0.05, 0.1) is 11.2 Å². The van der Waals surface area contributed by atoms with E-state index in [1.54, 1.807) is 18.3 Å². The van der Waals surface area contributed by atoms with Crippen LogP contribution in [0.1, 0.15) is 12.5 Å². The van der Waals surface area contributed by atoms with Gasteiger partial charge in [-0.3, -0.25) is 10.4 Å². The van der Waals surface area contributed by atoms with Gasteiger partial charge in [0.25, 0.3) is 0 Å². The van der Waals surface area contributed by atoms with E-state index in [1.807, 2.05) is 49.4 Å². The van der Waals surface area contributed by atoms with Gasteiger partial charge in [-0.2, -0.15) is 5.10 Å². The molecule has 2 heterocycles. The fraction of sp³-hybridized carbons (Fsp3) is 0.0476. The van der Waals surface area contributed by atoms with Crippen molar-refractivity contribution in [1.29, 1.82) is 0 Å². The van der Waals surface area contributed by atoms with Crippen LogP contribution in [0.3, 0.4) is 0 Å². The fourth-order valence-electron chi connectivity index (χ4n) is 2.66. The van der Waals surface area contributed by atoms with Crippen LogP contribution >= 0.6 is 0 Å². The van der Waals surface area contributed by atoms with E-state index in [-0.39, 0.29) is 5.82 Å². The Balaban J connectivity index is 1.74. The summed E-state index contributed by atoms with van der Waals surface area (Å²) in [6, 6.07) is 19.5. The Kier molecular flexibility index (Phi) is 4.53. The number of fused-ring (bicyclic) bond motifs is 1. The second-order valence-corrected chi connectivity index (χ2v) is 5.94. The molecule has 132 valence electrons. The molecule has 0 fully saturated rings. The first-order valence-electron chi connectivity index (χ1n) is 8.45. The van der Waals surface area contributed by atoms with Crippen molar-refractivity contribution in [1.82, 2.24) is 15.0 Å². The van der Waals surface area contributed by atoms with Gasteiger partial charge in [0.15, 0.2) is 11.6 Å². The lowest BCUT2D eigenvalue weighted by Gasteiger charge is -2.09. The average molecular weight is 357 g/mol. The number of nitrogens with one attached hydrogen (secondary N) is 1. The summed E-state index contributed by atoms with van der Waals surface area (Å²) in [6.07, 6.45) is 1.71. The van der Waals surface area contributed by atoms with Crippen molar-refractivity contribution in [3.8, 4) is 11.5 Å². The molecule has 0 saturated carbocycles. The molecule has 2 aromatic heterocycles. The Morgan fingerprint density at radius 2 is 1.70 bits per heavy atom. The normalized spacial score (nSPS) is 11.6. The summed E-state index contributed by atoms with van der Waals surface area (Å²) in [5, 5.41) is 5.27. The second-order valence-electron chi connectivity index (χ2n) is 5.94. The van der Waals surface area contributed by atoms with Crippen molar-refractivity contribution >= 4 is 22.4 Å². The van der Waals surface area contributed by atoms with Gasteiger partial charge >= 0.3 is 0 Å². The summed E-state index contributed by atoms with van der Waals surface area (Å²) < 4.78 is 13.1. The summed E-state index contributed by atoms with van der Waals surface area (Å²) in [4.78, 5) is 13.5. The van der Waals surface area contributed by atoms with Gasteiger partial charge in [0.2, 0.25) is 0 Å². The lowest BCUT2D eigenvalue weighted by Crippen LogP contribution is -2.03. The van der Waals surface area contributed by atoms with Crippen LogP contribution in [-0.4, -0.2) is 20.7 Å². The lowest BCUT2D eigenvalue weighted by molar-refractivity contribution is 0.628. The maximum absolute atomic E-state index is 13.1. The molecule has 0 saturated heterocycles. The van der Waals surface area contributed by atoms with Crippen LogP contribution < -0.4 is 5.43 Å². The molecule has 27 heavy (non-hydrogen) atoms. The molecule has 0 amide bonds. The van der Waals surface area contributed by atoms with Gasteiger partial charge in [-0.05, 0) is 48.9 Å². The molecule has 4 aromatic rings. The van der Waals surface area contributed by atoms with Crippen LogP contribution in [0.15, 0.2) is 78.0 Å². The molecule has 0 aliphatic heterocycles. The van der Waals surface area contributed by atoms with Crippen LogP contribution in [0.2, 0.25) is 0 Å². The number of para-hydroxylation sites is 1. The number of anilines is 1. The lowest BCUT2D eigenvalue weighted by atomic mass is 10.1. The van der Waals surface area contributed by atoms with Crippen LogP contribution in [0.25, 0.3) is 22.4 Å². The van der Waals surface area contributed by atoms with Crippen molar-refractivity contribution in [2.75, 3.05) is 5.43 Å². The molecule has 0 spiro atoms. The topological polar surface area (TPSA) is 63.1 Å². The molecule has 0 radical (unpaired) electrons. The van der Waals surface area contributed by atoms with Crippen LogP contribution in [0.4, 0.5) is 10.2 Å². The molecule has 6 heteroatoms. The van der Waals surface area contributed by atoms with Crippen LogP contribution in [0.5, 0.6) is 0 Å². The van der Waals surface area contributed by atoms with E-state index in [2.05, 4.69) is 25.5 Å². The Labute approximate surface area is 155 Å². The highest BCUT2D eigenvalue weighted by atomic mass is 19.1. The molecule has 0 atom stereocenters. The van der Waals surface area contributed by atoms with E-state index in [0.29, 0.717) is 17.3 Å². The van der Waals surface area contributed by atoms with E-state index in [4.69, 9.17) is 0 Å². The van der Waals surface area contributed by atoms with Crippen LogP contribution in [-0.2, 0) is 0 Å². The SMILES string of the molecule is C/C(=N\Nc1nc(-c2ccccn2)nc2ccccc12)c1ccc(F)cc1. The smallest absolute Gasteiger partial charge is 0.180 e. The monoisotopic (exact) mass is 357 g/mol. The summed E-state index contributed by atoms with van der Waals surface area (Å²) in [5.41, 5.74) is 6.05. The Morgan fingerprint density at radius 1 is 0.926 bits per heavy atom. The van der Waals surface area contributed by atoms with Crippen molar-refractivity contribution in [2.24, 2.45) is 5.10 Å². The van der Waals surface area contributed by atoms with Crippen molar-refractivity contribution < 1.29 is 4.39 Å². The number of hydrogen-bond acceptors (Lipinski definition) is 5. The van der Waals surface area contributed by atoms with Gasteiger partial charge in [0.1, 0.15) is 11.5 Å². The van der Waals surface area contributed by atoms with E-state index < -0.39 is 0 Å². The zero-order valence-electron chi connectivity index (χ0n) is 14.6. The fourth-order valence-corrected chi connectivity index (χ4v) is 2.66. The van der Waals surface area contributed by atoms with Gasteiger partial charge in [0, 0.05) is 11.6 Å². The molecule has 0 aliphatic carbocycles. The first-order chi connectivity index (χ1) is 13.2. The standard InChI is InChI=1S/C21H16FN5/c1-14(15-9-11-16(22)12-10-15)26-27-20-17-6-2-3-7-18(17)24-21(25-20)19-8-4-5-13-23-19/h2-13H,1H3,(H,24,25,27)/b26-14+. The molecule has 1 N–H and O–H groups in total. The van der Waals surface area contributed by atoms with E-state index >= 15 is 0 Å². The quantitative estimate of drug-likeness (QED) is 0.426. The summed E-state index contributed by atoms with van der Waals surface area (Å²) in [7, 11) is 0. The minimum Gasteiger partial charge on any atom is -0.260 e. The zero-order chi connectivity index (χ0) is 18.6. The minimum absolute atomic E-state index is 0.277. The largest absolute Gasteiger partial charge is 0.260 e. The van der Waals surface area contributed by atoms with Crippen molar-refractivity contribution in [3.63, 3.8) is 0 Å². The van der Waals surface area contributed by atoms with Gasteiger partial charge < -0.3 is 0 Å². The molecule has 0 aliphatic rings. The second kappa shape index (κ2) is 7.29. The molecular weight excluding hydrogens is 341 g/mol. The number of pyridine rings is 1. The maximum Gasteiger partial charge on any atom is 0.180 e. The summed E-state index contributed by atoms with van der Waals surface area (Å²) in [6.45, 7) is 1.85. The van der Waals surface area contributed by atoms with E-state index in [0.717, 1.165) is 22.2 Å². The first kappa shape index (κ1) is 16.8. The average Bonchev–Trinajstić information content (AvgIpc) is 2.72. The number of aromatic nitrogens is 3. The predicted octanol–water partition coefficient (Wildman–Crippen LogP) is 4.67. The highest BCUT2D eigenvalue weighted by Gasteiger charge is 2.10. The number of hydrazone groups is 1. The molecule has 0 bridgehead atoms. The molecule has 4 rings (SSSR count). The number of nitrogens with zero attached hydrogens (tertiary/aromatic N) is 4. The Hall–Kier alpha value is -3.67. The van der Waals surface area contributed by atoms with E-state index in [9.17, 15) is 4.39 Å². The van der Waals surface area contributed by atoms with Gasteiger partial charge in [-0.1, -0.05) is 30.3 Å². The third kappa shape index (κ3) is 3.64. The minimum atomic E-state index is -0.277. The number of halogens is 1. The Bertz CT molecular complexity index is 1110. The predicted molar refractivity (Wildman–Crippen MR) is 105 cm³/mol. The number of benzene rings is 2. The highest BCUT2D eigenvalue weighted by Crippen LogP contribution is 2.24. The van der Waals surface area contributed by atoms with Gasteiger partial charge in [-0.15, -0.1) is 0 Å². The molecule has 0 unspecified atom stereocenters. The summed E-state index contributed by atoms with van der Waals surface area (Å²) >= 11 is 0. The highest BCUT2D eigenvalue weighted by molar-refractivity contribution is 5.99. The molecule has 2 aromatic carbocycles. The first-order valence-corrected chi connectivity index (χ1v) is 8.45. The van der Waals surface area contributed by atoms with Crippen LogP contribution in [0, 0.1) is 5.82 Å². The molecular formula is C21H16FN5. The van der Waals surface area contributed by atoms with E-state index in [1.165, 1.54) is 12.1 Å². The van der Waals surface area contributed by atoms with Crippen molar-refractivity contribution in [3.05, 3.63) is 84.3 Å². The number of hydrogen-bond donors (Lipinski definition) is 1. The van der Waals surface area contributed by atoms with Crippen molar-refractivity contribution in [2.45, 2.75) is 6.92 Å². The maximum atomic E-state index is 13.1. The van der Waals surface area contributed by atoms with Gasteiger partial charge in [-0.25, -0.2) is 14.4 Å². The zero-order valence-corrected chi connectivity index (χ0v) is 14.6.